The van der Waals surface area contributed by atoms with Gasteiger partial charge < -0.3 is 14.8 Å². The number of carbonyl (C=O) groups excluding carboxylic acids is 1. The Balaban J connectivity index is 2.21. The molecular weight excluding hydrogens is 254 g/mol. The van der Waals surface area contributed by atoms with Crippen molar-refractivity contribution in [1.82, 2.24) is 0 Å². The van der Waals surface area contributed by atoms with Crippen LogP contribution in [0.3, 0.4) is 0 Å². The smallest absolute Gasteiger partial charge is 0.259 e. The number of ether oxygens (including phenoxy) is 2. The van der Waals surface area contributed by atoms with Gasteiger partial charge in [-0.2, -0.15) is 0 Å². The zero-order valence-corrected chi connectivity index (χ0v) is 11.8. The Kier molecular flexibility index (Phi) is 4.25. The molecule has 0 aliphatic heterocycles. The summed E-state index contributed by atoms with van der Waals surface area (Å²) in [4.78, 5) is 12.2. The van der Waals surface area contributed by atoms with Crippen LogP contribution < -0.4 is 14.8 Å². The number of para-hydroxylation sites is 1. The SMILES string of the molecule is COc1ccc(NC(=O)c2ccccc2OC)cc1C. The highest BCUT2D eigenvalue weighted by atomic mass is 16.5. The van der Waals surface area contributed by atoms with E-state index in [0.29, 0.717) is 11.3 Å². The standard InChI is InChI=1S/C16H17NO3/c1-11-10-12(8-9-14(11)19-2)17-16(18)13-6-4-5-7-15(13)20-3/h4-10H,1-3H3,(H,17,18). The predicted octanol–water partition coefficient (Wildman–Crippen LogP) is 3.26. The molecule has 0 aliphatic rings. The molecule has 2 aromatic rings. The fourth-order valence-corrected chi connectivity index (χ4v) is 1.99. The van der Waals surface area contributed by atoms with Crippen molar-refractivity contribution in [3.63, 3.8) is 0 Å². The number of benzene rings is 2. The lowest BCUT2D eigenvalue weighted by molar-refractivity contribution is 0.102. The Hall–Kier alpha value is -2.49. The lowest BCUT2D eigenvalue weighted by Gasteiger charge is -2.11. The Morgan fingerprint density at radius 2 is 1.70 bits per heavy atom. The maximum Gasteiger partial charge on any atom is 0.259 e. The second-order valence-corrected chi connectivity index (χ2v) is 4.34. The molecule has 0 atom stereocenters. The van der Waals surface area contributed by atoms with Gasteiger partial charge in [0.2, 0.25) is 0 Å². The molecule has 20 heavy (non-hydrogen) atoms. The van der Waals surface area contributed by atoms with Crippen molar-refractivity contribution >= 4 is 11.6 Å². The minimum Gasteiger partial charge on any atom is -0.496 e. The number of amides is 1. The van der Waals surface area contributed by atoms with Crippen LogP contribution in [0.25, 0.3) is 0 Å². The number of rotatable bonds is 4. The first-order chi connectivity index (χ1) is 9.65. The molecule has 0 radical (unpaired) electrons. The van der Waals surface area contributed by atoms with Crippen LogP contribution in [-0.2, 0) is 0 Å². The molecule has 0 saturated heterocycles. The molecule has 0 aromatic heterocycles. The third-order valence-corrected chi connectivity index (χ3v) is 3.00. The first-order valence-corrected chi connectivity index (χ1v) is 6.24. The van der Waals surface area contributed by atoms with E-state index >= 15 is 0 Å². The number of carbonyl (C=O) groups is 1. The fourth-order valence-electron chi connectivity index (χ4n) is 1.99. The van der Waals surface area contributed by atoms with E-state index in [4.69, 9.17) is 9.47 Å². The summed E-state index contributed by atoms with van der Waals surface area (Å²) in [5.41, 5.74) is 2.19. The van der Waals surface area contributed by atoms with Gasteiger partial charge in [-0.1, -0.05) is 12.1 Å². The molecule has 2 aromatic carbocycles. The third-order valence-electron chi connectivity index (χ3n) is 3.00. The summed E-state index contributed by atoms with van der Waals surface area (Å²) in [6.45, 7) is 1.93. The average Bonchev–Trinajstić information content (AvgIpc) is 2.47. The molecule has 0 aliphatic carbocycles. The largest absolute Gasteiger partial charge is 0.496 e. The van der Waals surface area contributed by atoms with Crippen molar-refractivity contribution < 1.29 is 14.3 Å². The van der Waals surface area contributed by atoms with Gasteiger partial charge in [-0.25, -0.2) is 0 Å². The summed E-state index contributed by atoms with van der Waals surface area (Å²) < 4.78 is 10.4. The maximum absolute atomic E-state index is 12.2. The fraction of sp³-hybridized carbons (Fsp3) is 0.188. The lowest BCUT2D eigenvalue weighted by atomic mass is 10.1. The van der Waals surface area contributed by atoms with E-state index in [1.54, 1.807) is 38.5 Å². The van der Waals surface area contributed by atoms with Crippen molar-refractivity contribution in [3.8, 4) is 11.5 Å². The minimum atomic E-state index is -0.202. The van der Waals surface area contributed by atoms with Gasteiger partial charge in [-0.05, 0) is 42.8 Å². The van der Waals surface area contributed by atoms with Crippen LogP contribution in [0.5, 0.6) is 11.5 Å². The van der Waals surface area contributed by atoms with E-state index in [0.717, 1.165) is 17.0 Å². The van der Waals surface area contributed by atoms with E-state index in [-0.39, 0.29) is 5.91 Å². The van der Waals surface area contributed by atoms with Crippen LogP contribution in [0.15, 0.2) is 42.5 Å². The van der Waals surface area contributed by atoms with Gasteiger partial charge >= 0.3 is 0 Å². The zero-order chi connectivity index (χ0) is 14.5. The summed E-state index contributed by atoms with van der Waals surface area (Å²) in [6, 6.07) is 12.6. The van der Waals surface area contributed by atoms with Crippen LogP contribution in [0.4, 0.5) is 5.69 Å². The normalized spacial score (nSPS) is 9.95. The number of anilines is 1. The van der Waals surface area contributed by atoms with Crippen molar-refractivity contribution in [2.45, 2.75) is 6.92 Å². The number of hydrogen-bond donors (Lipinski definition) is 1. The Labute approximate surface area is 118 Å². The van der Waals surface area contributed by atoms with Crippen LogP contribution >= 0.6 is 0 Å². The van der Waals surface area contributed by atoms with Crippen molar-refractivity contribution in [1.29, 1.82) is 0 Å². The molecule has 0 heterocycles. The van der Waals surface area contributed by atoms with Gasteiger partial charge in [0.15, 0.2) is 0 Å². The molecule has 104 valence electrons. The molecule has 4 nitrogen and oxygen atoms in total. The number of nitrogens with one attached hydrogen (secondary N) is 1. The van der Waals surface area contributed by atoms with Crippen molar-refractivity contribution in [3.05, 3.63) is 53.6 Å². The lowest BCUT2D eigenvalue weighted by Crippen LogP contribution is -2.13. The summed E-state index contributed by atoms with van der Waals surface area (Å²) >= 11 is 0. The van der Waals surface area contributed by atoms with Crippen molar-refractivity contribution in [2.75, 3.05) is 19.5 Å². The highest BCUT2D eigenvalue weighted by Gasteiger charge is 2.12. The molecule has 1 amide bonds. The monoisotopic (exact) mass is 271 g/mol. The summed E-state index contributed by atoms with van der Waals surface area (Å²) in [5, 5.41) is 2.85. The van der Waals surface area contributed by atoms with E-state index in [2.05, 4.69) is 5.32 Å². The summed E-state index contributed by atoms with van der Waals surface area (Å²) in [7, 11) is 3.17. The van der Waals surface area contributed by atoms with E-state index in [9.17, 15) is 4.79 Å². The van der Waals surface area contributed by atoms with Gasteiger partial charge in [0, 0.05) is 5.69 Å². The molecule has 4 heteroatoms. The van der Waals surface area contributed by atoms with E-state index in [1.807, 2.05) is 25.1 Å². The quantitative estimate of drug-likeness (QED) is 0.928. The van der Waals surface area contributed by atoms with Crippen LogP contribution in [0.2, 0.25) is 0 Å². The Bertz CT molecular complexity index is 623. The van der Waals surface area contributed by atoms with E-state index in [1.165, 1.54) is 0 Å². The average molecular weight is 271 g/mol. The molecular formula is C16H17NO3. The third kappa shape index (κ3) is 2.91. The molecule has 0 unspecified atom stereocenters. The second kappa shape index (κ2) is 6.10. The highest BCUT2D eigenvalue weighted by Crippen LogP contribution is 2.23. The Morgan fingerprint density at radius 1 is 1.00 bits per heavy atom. The summed E-state index contributed by atoms with van der Waals surface area (Å²) in [6.07, 6.45) is 0. The van der Waals surface area contributed by atoms with Crippen LogP contribution in [0.1, 0.15) is 15.9 Å². The van der Waals surface area contributed by atoms with Gasteiger partial charge in [-0.3, -0.25) is 4.79 Å². The number of aryl methyl sites for hydroxylation is 1. The Morgan fingerprint density at radius 3 is 2.35 bits per heavy atom. The molecule has 0 spiro atoms. The highest BCUT2D eigenvalue weighted by molar-refractivity contribution is 6.06. The van der Waals surface area contributed by atoms with Crippen LogP contribution in [0, 0.1) is 6.92 Å². The van der Waals surface area contributed by atoms with Crippen LogP contribution in [-0.4, -0.2) is 20.1 Å². The maximum atomic E-state index is 12.2. The number of methoxy groups -OCH3 is 2. The summed E-state index contributed by atoms with van der Waals surface area (Å²) in [5.74, 6) is 1.14. The van der Waals surface area contributed by atoms with Gasteiger partial charge in [0.25, 0.3) is 5.91 Å². The molecule has 0 bridgehead atoms. The first-order valence-electron chi connectivity index (χ1n) is 6.24. The first kappa shape index (κ1) is 13.9. The molecule has 1 N–H and O–H groups in total. The van der Waals surface area contributed by atoms with Gasteiger partial charge in [0.05, 0.1) is 19.8 Å². The number of hydrogen-bond acceptors (Lipinski definition) is 3. The van der Waals surface area contributed by atoms with Gasteiger partial charge in [0.1, 0.15) is 11.5 Å². The predicted molar refractivity (Wildman–Crippen MR) is 78.7 cm³/mol. The zero-order valence-electron chi connectivity index (χ0n) is 11.8. The van der Waals surface area contributed by atoms with E-state index < -0.39 is 0 Å². The molecule has 2 rings (SSSR count). The molecule has 0 saturated carbocycles. The second-order valence-electron chi connectivity index (χ2n) is 4.34. The minimum absolute atomic E-state index is 0.202. The van der Waals surface area contributed by atoms with Crippen molar-refractivity contribution in [2.24, 2.45) is 0 Å². The van der Waals surface area contributed by atoms with Gasteiger partial charge in [-0.15, -0.1) is 0 Å². The topological polar surface area (TPSA) is 47.6 Å². The molecule has 0 fully saturated rings.